The normalized spacial score (nSPS) is 25.2. The summed E-state index contributed by atoms with van der Waals surface area (Å²) in [5.41, 5.74) is -0.789. The van der Waals surface area contributed by atoms with Crippen LogP contribution in [0.25, 0.3) is 11.0 Å². The van der Waals surface area contributed by atoms with Crippen LogP contribution in [0.5, 0.6) is 0 Å². The summed E-state index contributed by atoms with van der Waals surface area (Å²) in [6.07, 6.45) is 2.30. The lowest BCUT2D eigenvalue weighted by atomic mass is 9.97. The zero-order valence-corrected chi connectivity index (χ0v) is 15.6. The lowest BCUT2D eigenvalue weighted by molar-refractivity contribution is 0.00298. The number of hydrogen-bond acceptors (Lipinski definition) is 3. The topological polar surface area (TPSA) is 67.3 Å². The molecule has 2 fully saturated rings. The minimum absolute atomic E-state index is 0.0323. The molecule has 6 nitrogen and oxygen atoms in total. The minimum Gasteiger partial charge on any atom is -0.444 e. The first-order valence-electron chi connectivity index (χ1n) is 9.25. The Balaban J connectivity index is 1.66. The molecule has 2 atom stereocenters. The molecular weight excluding hydrogens is 356 g/mol. The largest absolute Gasteiger partial charge is 0.444 e. The fraction of sp³-hybridized carbons (Fsp3) is 0.579. The third-order valence-electron chi connectivity index (χ3n) is 5.45. The molecule has 2 aromatic rings. The van der Waals surface area contributed by atoms with E-state index in [0.717, 1.165) is 18.9 Å². The molecular formula is C19H23F2N3O3. The highest BCUT2D eigenvalue weighted by Gasteiger charge is 2.46. The Kier molecular flexibility index (Phi) is 4.05. The highest BCUT2D eigenvalue weighted by molar-refractivity contribution is 5.76. The van der Waals surface area contributed by atoms with Gasteiger partial charge in [-0.3, -0.25) is 4.57 Å². The number of piperidine rings is 1. The van der Waals surface area contributed by atoms with E-state index in [0.29, 0.717) is 12.8 Å². The quantitative estimate of drug-likeness (QED) is 0.821. The van der Waals surface area contributed by atoms with Crippen molar-refractivity contribution in [2.24, 2.45) is 0 Å². The molecule has 2 aliphatic heterocycles. The number of halogens is 2. The fourth-order valence-electron chi connectivity index (χ4n) is 4.47. The van der Waals surface area contributed by atoms with Gasteiger partial charge in [0.1, 0.15) is 11.1 Å². The summed E-state index contributed by atoms with van der Waals surface area (Å²) in [4.78, 5) is 29.4. The molecule has 2 aliphatic rings. The molecule has 0 radical (unpaired) electrons. The van der Waals surface area contributed by atoms with Gasteiger partial charge in [-0.05, 0) is 58.6 Å². The number of H-pyrrole nitrogens is 1. The van der Waals surface area contributed by atoms with Crippen LogP contribution < -0.4 is 5.69 Å². The van der Waals surface area contributed by atoms with Crippen LogP contribution >= 0.6 is 0 Å². The number of rotatable bonds is 1. The number of imidazole rings is 1. The van der Waals surface area contributed by atoms with Crippen molar-refractivity contribution in [3.63, 3.8) is 0 Å². The Morgan fingerprint density at radius 2 is 1.78 bits per heavy atom. The van der Waals surface area contributed by atoms with Crippen LogP contribution in [0.4, 0.5) is 13.6 Å². The van der Waals surface area contributed by atoms with Gasteiger partial charge < -0.3 is 14.6 Å². The van der Waals surface area contributed by atoms with Crippen molar-refractivity contribution < 1.29 is 18.3 Å². The SMILES string of the molecule is CC(C)(C)OC(=O)N1C2CCC1CC(n1c(=O)[nH]c3ccc(F)c(F)c31)C2. The average molecular weight is 379 g/mol. The Morgan fingerprint density at radius 1 is 1.15 bits per heavy atom. The molecule has 8 heteroatoms. The van der Waals surface area contributed by atoms with E-state index in [9.17, 15) is 18.4 Å². The average Bonchev–Trinajstić information content (AvgIpc) is 3.03. The van der Waals surface area contributed by atoms with E-state index in [-0.39, 0.29) is 35.3 Å². The summed E-state index contributed by atoms with van der Waals surface area (Å²) in [5, 5.41) is 0. The second kappa shape index (κ2) is 6.07. The number of ether oxygens (including phenoxy) is 1. The fourth-order valence-corrected chi connectivity index (χ4v) is 4.47. The summed E-state index contributed by atoms with van der Waals surface area (Å²) in [6, 6.07) is 1.94. The van der Waals surface area contributed by atoms with Crippen LogP contribution in [-0.4, -0.2) is 38.2 Å². The molecule has 3 heterocycles. The number of carbonyl (C=O) groups is 1. The predicted octanol–water partition coefficient (Wildman–Crippen LogP) is 3.71. The molecule has 27 heavy (non-hydrogen) atoms. The maximum atomic E-state index is 14.4. The maximum Gasteiger partial charge on any atom is 0.410 e. The number of benzene rings is 1. The van der Waals surface area contributed by atoms with E-state index in [2.05, 4.69) is 4.98 Å². The van der Waals surface area contributed by atoms with E-state index in [1.54, 1.807) is 4.90 Å². The Morgan fingerprint density at radius 3 is 2.37 bits per heavy atom. The van der Waals surface area contributed by atoms with Gasteiger partial charge in [0, 0.05) is 18.1 Å². The molecule has 1 amide bonds. The number of nitrogens with zero attached hydrogens (tertiary/aromatic N) is 2. The van der Waals surface area contributed by atoms with Crippen molar-refractivity contribution >= 4 is 17.1 Å². The van der Waals surface area contributed by atoms with Gasteiger partial charge in [-0.1, -0.05) is 0 Å². The van der Waals surface area contributed by atoms with Crippen molar-refractivity contribution in [3.8, 4) is 0 Å². The van der Waals surface area contributed by atoms with Crippen molar-refractivity contribution in [2.45, 2.75) is 70.2 Å². The predicted molar refractivity (Wildman–Crippen MR) is 95.6 cm³/mol. The number of aromatic nitrogens is 2. The third kappa shape index (κ3) is 3.00. The minimum atomic E-state index is -1.02. The lowest BCUT2D eigenvalue weighted by Gasteiger charge is -2.39. The first-order valence-corrected chi connectivity index (χ1v) is 9.25. The molecule has 0 spiro atoms. The van der Waals surface area contributed by atoms with Crippen LogP contribution in [0.1, 0.15) is 52.5 Å². The van der Waals surface area contributed by atoms with Gasteiger partial charge in [0.2, 0.25) is 0 Å². The van der Waals surface area contributed by atoms with E-state index in [4.69, 9.17) is 4.74 Å². The lowest BCUT2D eigenvalue weighted by Crippen LogP contribution is -2.49. The number of amides is 1. The van der Waals surface area contributed by atoms with Crippen molar-refractivity contribution in [1.82, 2.24) is 14.5 Å². The number of nitrogens with one attached hydrogen (secondary N) is 1. The molecule has 1 aromatic carbocycles. The van der Waals surface area contributed by atoms with Gasteiger partial charge in [-0.25, -0.2) is 18.4 Å². The number of hydrogen-bond donors (Lipinski definition) is 1. The van der Waals surface area contributed by atoms with Crippen molar-refractivity contribution in [1.29, 1.82) is 0 Å². The van der Waals surface area contributed by atoms with Gasteiger partial charge in [0.15, 0.2) is 11.6 Å². The maximum absolute atomic E-state index is 14.4. The van der Waals surface area contributed by atoms with E-state index in [1.165, 1.54) is 10.6 Å². The number of carbonyl (C=O) groups excluding carboxylic acids is 1. The van der Waals surface area contributed by atoms with Crippen LogP contribution in [0, 0.1) is 11.6 Å². The van der Waals surface area contributed by atoms with E-state index < -0.39 is 22.9 Å². The molecule has 146 valence electrons. The third-order valence-corrected chi connectivity index (χ3v) is 5.45. The molecule has 1 N–H and O–H groups in total. The molecule has 1 aromatic heterocycles. The zero-order chi connectivity index (χ0) is 19.5. The molecule has 0 aliphatic carbocycles. The van der Waals surface area contributed by atoms with Gasteiger partial charge in [0.05, 0.1) is 5.52 Å². The Hall–Kier alpha value is -2.38. The summed E-state index contributed by atoms with van der Waals surface area (Å²) in [6.45, 7) is 5.47. The smallest absolute Gasteiger partial charge is 0.410 e. The van der Waals surface area contributed by atoms with E-state index >= 15 is 0 Å². The summed E-state index contributed by atoms with van der Waals surface area (Å²) >= 11 is 0. The van der Waals surface area contributed by atoms with Crippen LogP contribution in [-0.2, 0) is 4.74 Å². The summed E-state index contributed by atoms with van der Waals surface area (Å²) < 4.78 is 35.0. The van der Waals surface area contributed by atoms with E-state index in [1.807, 2.05) is 20.8 Å². The zero-order valence-electron chi connectivity index (χ0n) is 15.6. The monoisotopic (exact) mass is 379 g/mol. The van der Waals surface area contributed by atoms with Gasteiger partial charge >= 0.3 is 11.8 Å². The molecule has 2 saturated heterocycles. The highest BCUT2D eigenvalue weighted by atomic mass is 19.2. The first kappa shape index (κ1) is 18.0. The molecule has 2 bridgehead atoms. The van der Waals surface area contributed by atoms with Crippen LogP contribution in [0.2, 0.25) is 0 Å². The number of fused-ring (bicyclic) bond motifs is 3. The molecule has 4 rings (SSSR count). The second-order valence-electron chi connectivity index (χ2n) is 8.46. The standard InChI is InChI=1S/C19H23F2N3O3/c1-19(2,3)27-18(26)23-10-4-5-11(23)9-12(8-10)24-16-14(22-17(24)25)7-6-13(20)15(16)21/h6-7,10-12H,4-5,8-9H2,1-3H3,(H,22,25). The van der Waals surface area contributed by atoms with Gasteiger partial charge in [-0.2, -0.15) is 0 Å². The van der Waals surface area contributed by atoms with Gasteiger partial charge in [-0.15, -0.1) is 0 Å². The highest BCUT2D eigenvalue weighted by Crippen LogP contribution is 2.42. The van der Waals surface area contributed by atoms with Crippen molar-refractivity contribution in [2.75, 3.05) is 0 Å². The Bertz CT molecular complexity index is 945. The second-order valence-corrected chi connectivity index (χ2v) is 8.46. The molecule has 0 saturated carbocycles. The Labute approximate surface area is 155 Å². The van der Waals surface area contributed by atoms with Gasteiger partial charge in [0.25, 0.3) is 0 Å². The van der Waals surface area contributed by atoms with Crippen LogP contribution in [0.15, 0.2) is 16.9 Å². The first-order chi connectivity index (χ1) is 12.7. The summed E-state index contributed by atoms with van der Waals surface area (Å²) in [5.74, 6) is -2.00. The molecule has 2 unspecified atom stereocenters. The van der Waals surface area contributed by atoms with Crippen LogP contribution in [0.3, 0.4) is 0 Å². The number of aromatic amines is 1. The summed E-state index contributed by atoms with van der Waals surface area (Å²) in [7, 11) is 0. The van der Waals surface area contributed by atoms with Crippen molar-refractivity contribution in [3.05, 3.63) is 34.3 Å².